The average Bonchev–Trinajstić information content (AvgIpc) is 1.99. The van der Waals surface area contributed by atoms with Crippen LogP contribution in [0.4, 0.5) is 0 Å². The van der Waals surface area contributed by atoms with E-state index in [1.165, 1.54) is 6.92 Å². The molecule has 16 heavy (non-hydrogen) atoms. The number of nitrogens with one attached hydrogen (secondary N) is 1. The van der Waals surface area contributed by atoms with Gasteiger partial charge < -0.3 is 5.32 Å². The minimum Gasteiger partial charge on any atom is -0.351 e. The molecular formula is C11H22N2O3. The highest BCUT2D eigenvalue weighted by atomic mass is 16.6. The molecule has 0 spiro atoms. The van der Waals surface area contributed by atoms with Crippen molar-refractivity contribution in [3.05, 3.63) is 10.1 Å². The molecule has 0 fully saturated rings. The third-order valence-corrected chi connectivity index (χ3v) is 2.60. The van der Waals surface area contributed by atoms with Gasteiger partial charge in [-0.3, -0.25) is 14.9 Å². The summed E-state index contributed by atoms with van der Waals surface area (Å²) in [5, 5.41) is 13.5. The lowest BCUT2D eigenvalue weighted by atomic mass is 9.91. The fraction of sp³-hybridized carbons (Fsp3) is 0.909. The Bertz CT molecular complexity index is 272. The van der Waals surface area contributed by atoms with E-state index in [1.807, 2.05) is 13.8 Å². The maximum atomic E-state index is 10.9. The monoisotopic (exact) mass is 230 g/mol. The van der Waals surface area contributed by atoms with Gasteiger partial charge >= 0.3 is 0 Å². The van der Waals surface area contributed by atoms with E-state index < -0.39 is 5.54 Å². The van der Waals surface area contributed by atoms with Crippen molar-refractivity contribution >= 4 is 5.91 Å². The lowest BCUT2D eigenvalue weighted by Crippen LogP contribution is -2.42. The van der Waals surface area contributed by atoms with Crippen molar-refractivity contribution in [2.24, 2.45) is 0 Å². The predicted molar refractivity (Wildman–Crippen MR) is 62.8 cm³/mol. The summed E-state index contributed by atoms with van der Waals surface area (Å²) in [4.78, 5) is 21.3. The molecular weight excluding hydrogens is 208 g/mol. The molecule has 94 valence electrons. The zero-order chi connectivity index (χ0) is 13.0. The van der Waals surface area contributed by atoms with E-state index in [0.717, 1.165) is 12.8 Å². The van der Waals surface area contributed by atoms with Crippen molar-refractivity contribution < 1.29 is 9.72 Å². The lowest BCUT2D eigenvalue weighted by Gasteiger charge is -2.26. The molecule has 5 nitrogen and oxygen atoms in total. The van der Waals surface area contributed by atoms with Gasteiger partial charge in [-0.1, -0.05) is 0 Å². The number of amides is 1. The minimum absolute atomic E-state index is 0.0708. The minimum atomic E-state index is -0.883. The van der Waals surface area contributed by atoms with E-state index in [1.54, 1.807) is 13.8 Å². The second-order valence-corrected chi connectivity index (χ2v) is 5.49. The van der Waals surface area contributed by atoms with Crippen LogP contribution >= 0.6 is 0 Å². The van der Waals surface area contributed by atoms with Crippen LogP contribution in [0.3, 0.4) is 0 Å². The van der Waals surface area contributed by atoms with Gasteiger partial charge in [0.25, 0.3) is 0 Å². The van der Waals surface area contributed by atoms with Crippen molar-refractivity contribution in [2.45, 2.75) is 65.0 Å². The second-order valence-electron chi connectivity index (χ2n) is 5.49. The SMILES string of the molecule is CC(=O)NC(C)(C)CCCC(C)(C)[N+](=O)[O-]. The number of hydrogen-bond donors (Lipinski definition) is 1. The first-order chi connectivity index (χ1) is 7.07. The summed E-state index contributed by atoms with van der Waals surface area (Å²) in [5.41, 5.74) is -1.18. The molecule has 0 unspecified atom stereocenters. The smallest absolute Gasteiger partial charge is 0.217 e. The van der Waals surface area contributed by atoms with Gasteiger partial charge in [-0.2, -0.15) is 0 Å². The van der Waals surface area contributed by atoms with Crippen molar-refractivity contribution in [1.82, 2.24) is 5.32 Å². The van der Waals surface area contributed by atoms with Crippen LogP contribution in [0.1, 0.15) is 53.9 Å². The molecule has 0 atom stereocenters. The predicted octanol–water partition coefficient (Wildman–Crippen LogP) is 2.13. The van der Waals surface area contributed by atoms with Gasteiger partial charge in [0, 0.05) is 37.7 Å². The van der Waals surface area contributed by atoms with Crippen LogP contribution in [-0.2, 0) is 4.79 Å². The van der Waals surface area contributed by atoms with Gasteiger partial charge in [-0.05, 0) is 26.7 Å². The molecule has 0 aromatic rings. The van der Waals surface area contributed by atoms with E-state index in [2.05, 4.69) is 5.32 Å². The molecule has 0 radical (unpaired) electrons. The van der Waals surface area contributed by atoms with Crippen molar-refractivity contribution in [2.75, 3.05) is 0 Å². The summed E-state index contributed by atoms with van der Waals surface area (Å²) >= 11 is 0. The number of carbonyl (C=O) groups is 1. The largest absolute Gasteiger partial charge is 0.351 e. The van der Waals surface area contributed by atoms with Crippen LogP contribution in [0.25, 0.3) is 0 Å². The average molecular weight is 230 g/mol. The molecule has 1 N–H and O–H groups in total. The summed E-state index contributed by atoms with van der Waals surface area (Å²) < 4.78 is 0. The highest BCUT2D eigenvalue weighted by Crippen LogP contribution is 2.20. The second kappa shape index (κ2) is 5.27. The van der Waals surface area contributed by atoms with Gasteiger partial charge in [0.1, 0.15) is 0 Å². The van der Waals surface area contributed by atoms with E-state index >= 15 is 0 Å². The van der Waals surface area contributed by atoms with E-state index in [0.29, 0.717) is 6.42 Å². The first-order valence-corrected chi connectivity index (χ1v) is 5.50. The highest BCUT2D eigenvalue weighted by molar-refractivity contribution is 5.73. The Labute approximate surface area is 96.8 Å². The Morgan fingerprint density at radius 1 is 1.25 bits per heavy atom. The van der Waals surface area contributed by atoms with Crippen LogP contribution in [0.5, 0.6) is 0 Å². The zero-order valence-electron chi connectivity index (χ0n) is 10.8. The van der Waals surface area contributed by atoms with Gasteiger partial charge in [-0.25, -0.2) is 0 Å². The fourth-order valence-corrected chi connectivity index (χ4v) is 1.59. The summed E-state index contributed by atoms with van der Waals surface area (Å²) in [6.07, 6.45) is 1.98. The van der Waals surface area contributed by atoms with Crippen LogP contribution in [0.2, 0.25) is 0 Å². The summed E-state index contributed by atoms with van der Waals surface area (Å²) in [5.74, 6) is -0.0708. The van der Waals surface area contributed by atoms with Crippen molar-refractivity contribution in [3.63, 3.8) is 0 Å². The Hall–Kier alpha value is -1.13. The summed E-state index contributed by atoms with van der Waals surface area (Å²) in [7, 11) is 0. The molecule has 0 aromatic carbocycles. The Kier molecular flexibility index (Phi) is 4.90. The van der Waals surface area contributed by atoms with Crippen LogP contribution in [-0.4, -0.2) is 21.9 Å². The van der Waals surface area contributed by atoms with E-state index in [9.17, 15) is 14.9 Å². The zero-order valence-corrected chi connectivity index (χ0v) is 10.8. The Balaban J connectivity index is 4.07. The molecule has 0 rings (SSSR count). The number of carbonyl (C=O) groups excluding carboxylic acids is 1. The Morgan fingerprint density at radius 2 is 1.75 bits per heavy atom. The first kappa shape index (κ1) is 14.9. The molecule has 0 saturated carbocycles. The van der Waals surface area contributed by atoms with E-state index in [-0.39, 0.29) is 16.4 Å². The maximum absolute atomic E-state index is 10.9. The quantitative estimate of drug-likeness (QED) is 0.561. The standard InChI is InChI=1S/C11H22N2O3/c1-9(14)12-10(2,3)7-6-8-11(4,5)13(15)16/h6-8H2,1-5H3,(H,12,14). The Morgan fingerprint density at radius 3 is 2.12 bits per heavy atom. The fourth-order valence-electron chi connectivity index (χ4n) is 1.59. The molecule has 0 saturated heterocycles. The number of nitro groups is 1. The van der Waals surface area contributed by atoms with Crippen molar-refractivity contribution in [1.29, 1.82) is 0 Å². The van der Waals surface area contributed by atoms with Crippen molar-refractivity contribution in [3.8, 4) is 0 Å². The lowest BCUT2D eigenvalue weighted by molar-refractivity contribution is -0.561. The molecule has 0 aliphatic heterocycles. The van der Waals surface area contributed by atoms with Crippen LogP contribution in [0, 0.1) is 10.1 Å². The van der Waals surface area contributed by atoms with Gasteiger partial charge in [0.15, 0.2) is 0 Å². The van der Waals surface area contributed by atoms with Gasteiger partial charge in [0.05, 0.1) is 0 Å². The molecule has 0 bridgehead atoms. The third-order valence-electron chi connectivity index (χ3n) is 2.60. The number of hydrogen-bond acceptors (Lipinski definition) is 3. The molecule has 0 aliphatic carbocycles. The van der Waals surface area contributed by atoms with Crippen LogP contribution in [0.15, 0.2) is 0 Å². The summed E-state index contributed by atoms with van der Waals surface area (Å²) in [6.45, 7) is 8.57. The van der Waals surface area contributed by atoms with Crippen LogP contribution < -0.4 is 5.32 Å². The molecule has 0 aliphatic rings. The molecule has 5 heteroatoms. The normalized spacial score (nSPS) is 12.3. The first-order valence-electron chi connectivity index (χ1n) is 5.50. The summed E-state index contributed by atoms with van der Waals surface area (Å²) in [6, 6.07) is 0. The molecule has 1 amide bonds. The number of rotatable bonds is 6. The topological polar surface area (TPSA) is 72.2 Å². The van der Waals surface area contributed by atoms with Gasteiger partial charge in [-0.15, -0.1) is 0 Å². The maximum Gasteiger partial charge on any atom is 0.217 e. The highest BCUT2D eigenvalue weighted by Gasteiger charge is 2.31. The third kappa shape index (κ3) is 5.68. The molecule has 0 aromatic heterocycles. The number of nitrogens with zero attached hydrogens (tertiary/aromatic N) is 1. The van der Waals surface area contributed by atoms with E-state index in [4.69, 9.17) is 0 Å². The van der Waals surface area contributed by atoms with Gasteiger partial charge in [0.2, 0.25) is 11.4 Å². The molecule has 0 heterocycles.